The van der Waals surface area contributed by atoms with E-state index in [1.54, 1.807) is 0 Å². The monoisotopic (exact) mass is 215 g/mol. The van der Waals surface area contributed by atoms with E-state index in [1.165, 1.54) is 0 Å². The fraction of sp³-hybridized carbons (Fsp3) is 0.500. The second-order valence-electron chi connectivity index (χ2n) is 0.846. The van der Waals surface area contributed by atoms with Crippen molar-refractivity contribution >= 4 is 5.97 Å². The number of rotatable bonds is 0. The van der Waals surface area contributed by atoms with Crippen molar-refractivity contribution in [2.45, 2.75) is 6.18 Å². The first kappa shape index (κ1) is 12.3. The van der Waals surface area contributed by atoms with E-state index in [0.717, 1.165) is 0 Å². The number of carbonyl (C=O) groups is 1. The van der Waals surface area contributed by atoms with Crippen molar-refractivity contribution in [2.24, 2.45) is 0 Å². The molecule has 0 spiro atoms. The van der Waals surface area contributed by atoms with Gasteiger partial charge in [0.15, 0.2) is 0 Å². The zero-order valence-electron chi connectivity index (χ0n) is 4.05. The Morgan fingerprint density at radius 2 is 1.40 bits per heavy atom. The topological polar surface area (TPSA) is 37.3 Å². The van der Waals surface area contributed by atoms with Crippen LogP contribution in [0.15, 0.2) is 0 Å². The van der Waals surface area contributed by atoms with E-state index in [0.29, 0.717) is 0 Å². The van der Waals surface area contributed by atoms with E-state index < -0.39 is 28.0 Å². The summed E-state index contributed by atoms with van der Waals surface area (Å²) >= 11 is -1.19. The Kier molecular flexibility index (Phi) is 6.69. The zero-order chi connectivity index (χ0) is 8.78. The van der Waals surface area contributed by atoms with Crippen LogP contribution in [-0.2, 0) is 20.7 Å². The quantitative estimate of drug-likeness (QED) is 0.491. The minimum atomic E-state index is -5.08. The van der Waals surface area contributed by atoms with Gasteiger partial charge < -0.3 is 5.11 Å². The molecule has 0 aromatic heterocycles. The Hall–Kier alpha value is -0.361. The molecule has 67 valence electrons. The summed E-state index contributed by atoms with van der Waals surface area (Å²) < 4.78 is 50.8. The maximum atomic E-state index is 10.6. The molecule has 1 N–H and O–H groups in total. The van der Waals surface area contributed by atoms with Crippen molar-refractivity contribution in [1.82, 2.24) is 0 Å². The molecule has 0 atom stereocenters. The molecule has 2 nitrogen and oxygen atoms in total. The molecule has 0 aliphatic heterocycles. The van der Waals surface area contributed by atoms with E-state index in [9.17, 15) is 20.3 Å². The summed E-state index contributed by atoms with van der Waals surface area (Å²) in [7, 11) is 0. The molecule has 0 aliphatic carbocycles. The van der Waals surface area contributed by atoms with Crippen molar-refractivity contribution < 1.29 is 46.0 Å². The Morgan fingerprint density at radius 3 is 1.40 bits per heavy atom. The number of aliphatic carboxylic acids is 1. The van der Waals surface area contributed by atoms with Crippen LogP contribution < -0.4 is 0 Å². The summed E-state index contributed by atoms with van der Waals surface area (Å²) in [4.78, 5) is 8.90. The van der Waals surface area contributed by atoms with Gasteiger partial charge in [-0.2, -0.15) is 13.2 Å². The Labute approximate surface area is 59.1 Å². The number of alkyl halides is 3. The first-order valence-corrected chi connectivity index (χ1v) is 2.18. The third kappa shape index (κ3) is 10.6. The molecule has 0 rings (SSSR count). The van der Waals surface area contributed by atoms with E-state index in [4.69, 9.17) is 9.90 Å². The second kappa shape index (κ2) is 5.43. The molecule has 0 aromatic rings. The van der Waals surface area contributed by atoms with Crippen molar-refractivity contribution in [3.63, 3.8) is 0 Å². The molecule has 0 aromatic carbocycles. The molecule has 0 unspecified atom stereocenters. The number of carboxylic acids is 1. The fourth-order valence-corrected chi connectivity index (χ4v) is 0. The zero-order valence-corrected chi connectivity index (χ0v) is 4.99. The summed E-state index contributed by atoms with van der Waals surface area (Å²) in [6, 6.07) is 0. The van der Waals surface area contributed by atoms with Crippen LogP contribution in [0.2, 0.25) is 0 Å². The fourth-order valence-electron chi connectivity index (χ4n) is 0. The van der Waals surface area contributed by atoms with Gasteiger partial charge in [-0.3, -0.25) is 0 Å². The molecule has 0 bridgehead atoms. The van der Waals surface area contributed by atoms with Gasteiger partial charge in [-0.05, 0) is 0 Å². The Bertz CT molecular complexity index is 100. The van der Waals surface area contributed by atoms with Gasteiger partial charge in [-0.25, -0.2) is 4.79 Å². The van der Waals surface area contributed by atoms with Gasteiger partial charge in [-0.1, -0.05) is 0 Å². The van der Waals surface area contributed by atoms with Gasteiger partial charge in [-0.15, -0.1) is 0 Å². The average Bonchev–Trinajstić information content (AvgIpc) is 1.64. The van der Waals surface area contributed by atoms with Gasteiger partial charge in [0.1, 0.15) is 0 Å². The predicted octanol–water partition coefficient (Wildman–Crippen LogP) is 1.47. The van der Waals surface area contributed by atoms with Gasteiger partial charge in [0, 0.05) is 0 Å². The molecule has 0 amide bonds. The van der Waals surface area contributed by atoms with Crippen LogP contribution in [-0.4, -0.2) is 17.3 Å². The van der Waals surface area contributed by atoms with Gasteiger partial charge in [0.05, 0.1) is 0 Å². The molecule has 0 aliphatic rings. The number of carboxylic acid groups (broad SMARTS) is 1. The SMILES string of the molecule is O=C(O)C(F)(F)F.[F][Cu][F]. The third-order valence-corrected chi connectivity index (χ3v) is 0.243. The number of halogens is 5. The van der Waals surface area contributed by atoms with E-state index in [1.807, 2.05) is 0 Å². The van der Waals surface area contributed by atoms with Crippen LogP contribution in [0.25, 0.3) is 0 Å². The minimum absolute atomic E-state index is 1.19. The number of hydrogen-bond donors (Lipinski definition) is 1. The predicted molar refractivity (Wildman–Crippen MR) is 15.9 cm³/mol. The van der Waals surface area contributed by atoms with Crippen LogP contribution in [0.5, 0.6) is 0 Å². The van der Waals surface area contributed by atoms with Crippen molar-refractivity contribution in [3.05, 3.63) is 0 Å². The molecule has 8 heteroatoms. The summed E-state index contributed by atoms with van der Waals surface area (Å²) in [6.45, 7) is 0. The average molecular weight is 216 g/mol. The second-order valence-corrected chi connectivity index (χ2v) is 0.981. The first-order chi connectivity index (χ1) is 4.36. The van der Waals surface area contributed by atoms with Gasteiger partial charge >= 0.3 is 35.1 Å². The van der Waals surface area contributed by atoms with Crippen LogP contribution in [0, 0.1) is 0 Å². The van der Waals surface area contributed by atoms with Crippen LogP contribution >= 0.6 is 0 Å². The third-order valence-electron chi connectivity index (χ3n) is 0.243. The molecule has 0 radical (unpaired) electrons. The van der Waals surface area contributed by atoms with Crippen LogP contribution in [0.3, 0.4) is 0 Å². The summed E-state index contributed by atoms with van der Waals surface area (Å²) in [5.74, 6) is -2.76. The molecular weight excluding hydrogens is 215 g/mol. The molecule has 0 heterocycles. The summed E-state index contributed by atoms with van der Waals surface area (Å²) in [6.07, 6.45) is -5.08. The van der Waals surface area contributed by atoms with Crippen molar-refractivity contribution in [1.29, 1.82) is 0 Å². The summed E-state index contributed by atoms with van der Waals surface area (Å²) in [5, 5.41) is 7.12. The van der Waals surface area contributed by atoms with Crippen LogP contribution in [0.4, 0.5) is 20.3 Å². The molecule has 0 saturated heterocycles. The van der Waals surface area contributed by atoms with Crippen molar-refractivity contribution in [2.75, 3.05) is 0 Å². The molecule has 0 saturated carbocycles. The molecule has 10 heavy (non-hydrogen) atoms. The van der Waals surface area contributed by atoms with Crippen molar-refractivity contribution in [3.8, 4) is 0 Å². The molecular formula is C2HCuF5O2. The van der Waals surface area contributed by atoms with E-state index in [2.05, 4.69) is 0 Å². The Morgan fingerprint density at radius 1 is 1.30 bits per heavy atom. The van der Waals surface area contributed by atoms with Crippen LogP contribution in [0.1, 0.15) is 0 Å². The van der Waals surface area contributed by atoms with E-state index >= 15 is 0 Å². The first-order valence-electron chi connectivity index (χ1n) is 1.47. The normalized spacial score (nSPS) is 10.1. The molecule has 0 fully saturated rings. The number of hydrogen-bond acceptors (Lipinski definition) is 1. The standard InChI is InChI=1S/C2HF3O2.Cu.2FH/c3-2(4,5)1(6)7;;;/h(H,6,7);;2*1H/q;+2;;/p-2. The maximum absolute atomic E-state index is 10.6. The van der Waals surface area contributed by atoms with Gasteiger partial charge in [0.2, 0.25) is 0 Å². The van der Waals surface area contributed by atoms with Gasteiger partial charge in [0.25, 0.3) is 0 Å². The van der Waals surface area contributed by atoms with E-state index in [-0.39, 0.29) is 0 Å². The Balaban J connectivity index is 0. The summed E-state index contributed by atoms with van der Waals surface area (Å²) in [5.41, 5.74) is 0.